The van der Waals surface area contributed by atoms with Crippen LogP contribution in [0.3, 0.4) is 0 Å². The number of fused-ring (bicyclic) bond motifs is 2. The van der Waals surface area contributed by atoms with Gasteiger partial charge in [0.05, 0.1) is 24.1 Å². The van der Waals surface area contributed by atoms with Crippen molar-refractivity contribution in [3.8, 4) is 18.2 Å². The van der Waals surface area contributed by atoms with Crippen LogP contribution < -0.4 is 0 Å². The summed E-state index contributed by atoms with van der Waals surface area (Å²) in [7, 11) is 0. The topological polar surface area (TPSA) is 114 Å². The molecule has 0 radical (unpaired) electrons. The van der Waals surface area contributed by atoms with E-state index in [0.717, 1.165) is 0 Å². The number of benzene rings is 1. The average Bonchev–Trinajstić information content (AvgIpc) is 2.78. The second-order valence-corrected chi connectivity index (χ2v) is 6.18. The number of ether oxygens (including phenoxy) is 2. The summed E-state index contributed by atoms with van der Waals surface area (Å²) in [5.41, 5.74) is -2.93. The lowest BCUT2D eigenvalue weighted by Crippen LogP contribution is -2.58. The zero-order valence-corrected chi connectivity index (χ0v) is 13.4. The Morgan fingerprint density at radius 1 is 1.12 bits per heavy atom. The molecule has 2 saturated heterocycles. The van der Waals surface area contributed by atoms with Gasteiger partial charge in [0.1, 0.15) is 6.10 Å². The van der Waals surface area contributed by atoms with Crippen molar-refractivity contribution < 1.29 is 9.47 Å². The third-order valence-corrected chi connectivity index (χ3v) is 5.40. The van der Waals surface area contributed by atoms with Gasteiger partial charge in [-0.25, -0.2) is 0 Å². The quantitative estimate of drug-likeness (QED) is 0.899. The van der Waals surface area contributed by atoms with Gasteiger partial charge < -0.3 is 9.47 Å². The van der Waals surface area contributed by atoms with Crippen LogP contribution in [-0.2, 0) is 9.47 Å². The Morgan fingerprint density at radius 2 is 1.75 bits per heavy atom. The highest BCUT2D eigenvalue weighted by Crippen LogP contribution is 2.66. The third kappa shape index (κ3) is 1.53. The van der Waals surface area contributed by atoms with Crippen molar-refractivity contribution in [2.24, 2.45) is 16.7 Å². The molecule has 0 unspecified atom stereocenters. The first-order chi connectivity index (χ1) is 11.5. The van der Waals surface area contributed by atoms with E-state index in [4.69, 9.17) is 14.9 Å². The van der Waals surface area contributed by atoms with Gasteiger partial charge in [-0.05, 0) is 5.56 Å². The number of nitrogens with zero attached hydrogens (tertiary/aromatic N) is 3. The molecule has 6 heteroatoms. The Bertz CT molecular complexity index is 802. The van der Waals surface area contributed by atoms with E-state index in [2.05, 4.69) is 6.07 Å². The molecular weight excluding hydrogens is 304 g/mol. The molecule has 2 aliphatic rings. The minimum Gasteiger partial charge on any atom is -0.447 e. The lowest BCUT2D eigenvalue weighted by molar-refractivity contribution is -0.280. The fraction of sp³-hybridized carbons (Fsp3) is 0.444. The molecule has 24 heavy (non-hydrogen) atoms. The van der Waals surface area contributed by atoms with Gasteiger partial charge in [-0.15, -0.1) is 0 Å². The predicted octanol–water partition coefficient (Wildman–Crippen LogP) is 3.05. The van der Waals surface area contributed by atoms with Crippen molar-refractivity contribution in [1.82, 2.24) is 0 Å². The van der Waals surface area contributed by atoms with Crippen LogP contribution in [-0.4, -0.2) is 11.7 Å². The van der Waals surface area contributed by atoms with Crippen LogP contribution >= 0.6 is 0 Å². The van der Waals surface area contributed by atoms with Crippen molar-refractivity contribution >= 4 is 5.90 Å². The SMILES string of the molecule is CC[C@@]12OC(=N)[C@@](C#N)([C@@H]1C)C(C#N)(C#N)[C@@H](c1ccccc1)O2. The molecule has 2 aliphatic heterocycles. The molecule has 6 nitrogen and oxygen atoms in total. The highest BCUT2D eigenvalue weighted by molar-refractivity contribution is 5.89. The molecule has 120 valence electrons. The van der Waals surface area contributed by atoms with E-state index in [1.54, 1.807) is 31.2 Å². The molecule has 3 rings (SSSR count). The highest BCUT2D eigenvalue weighted by atomic mass is 16.7. The summed E-state index contributed by atoms with van der Waals surface area (Å²) in [6, 6.07) is 15.0. The van der Waals surface area contributed by atoms with Crippen LogP contribution in [0.25, 0.3) is 0 Å². The number of nitrogens with one attached hydrogen (secondary N) is 1. The minimum absolute atomic E-state index is 0.360. The number of hydrogen-bond donors (Lipinski definition) is 1. The summed E-state index contributed by atoms with van der Waals surface area (Å²) in [6.45, 7) is 3.55. The first-order valence-corrected chi connectivity index (χ1v) is 7.72. The normalized spacial score (nSPS) is 36.0. The maximum Gasteiger partial charge on any atom is 0.217 e. The lowest BCUT2D eigenvalue weighted by atomic mass is 9.53. The molecule has 0 spiro atoms. The van der Waals surface area contributed by atoms with Crippen molar-refractivity contribution in [1.29, 1.82) is 21.2 Å². The largest absolute Gasteiger partial charge is 0.447 e. The van der Waals surface area contributed by atoms with Crippen LogP contribution in [0.15, 0.2) is 30.3 Å². The van der Waals surface area contributed by atoms with E-state index in [1.165, 1.54) is 0 Å². The van der Waals surface area contributed by atoms with Crippen LogP contribution in [0.2, 0.25) is 0 Å². The van der Waals surface area contributed by atoms with Gasteiger partial charge in [-0.3, -0.25) is 5.41 Å². The number of rotatable bonds is 2. The number of nitriles is 3. The Morgan fingerprint density at radius 3 is 2.25 bits per heavy atom. The summed E-state index contributed by atoms with van der Waals surface area (Å²) < 4.78 is 11.8. The molecule has 2 heterocycles. The second-order valence-electron chi connectivity index (χ2n) is 6.18. The third-order valence-electron chi connectivity index (χ3n) is 5.40. The van der Waals surface area contributed by atoms with Crippen molar-refractivity contribution in [2.45, 2.75) is 32.2 Å². The van der Waals surface area contributed by atoms with E-state index >= 15 is 0 Å². The van der Waals surface area contributed by atoms with Gasteiger partial charge in [-0.2, -0.15) is 15.8 Å². The molecule has 0 aromatic heterocycles. The molecule has 1 N–H and O–H groups in total. The summed E-state index contributed by atoms with van der Waals surface area (Å²) >= 11 is 0. The van der Waals surface area contributed by atoms with Gasteiger partial charge in [0, 0.05) is 6.42 Å². The van der Waals surface area contributed by atoms with Crippen LogP contribution in [0.1, 0.15) is 31.9 Å². The summed E-state index contributed by atoms with van der Waals surface area (Å²) in [5.74, 6) is -2.17. The van der Waals surface area contributed by atoms with Gasteiger partial charge in [0.25, 0.3) is 0 Å². The standard InChI is InChI=1S/C18H16N4O2/c1-3-18-12(2)17(11-21,15(22)24-18)16(9-19,10-20)14(23-18)13-7-5-4-6-8-13/h4-8,12,14,22H,3H2,1-2H3/t12-,14+,17+,18+/m0/s1. The first kappa shape index (κ1) is 16.0. The molecule has 1 aromatic rings. The monoisotopic (exact) mass is 320 g/mol. The van der Waals surface area contributed by atoms with Gasteiger partial charge in [0.15, 0.2) is 5.41 Å². The second kappa shape index (κ2) is 5.06. The molecule has 1 aromatic carbocycles. The van der Waals surface area contributed by atoms with E-state index in [-0.39, 0.29) is 5.90 Å². The van der Waals surface area contributed by atoms with Crippen molar-refractivity contribution in [3.63, 3.8) is 0 Å². The maximum absolute atomic E-state index is 9.95. The predicted molar refractivity (Wildman–Crippen MR) is 83.0 cm³/mol. The maximum atomic E-state index is 9.95. The minimum atomic E-state index is -1.87. The van der Waals surface area contributed by atoms with E-state index in [0.29, 0.717) is 12.0 Å². The Labute approximate surface area is 140 Å². The van der Waals surface area contributed by atoms with Gasteiger partial charge in [0.2, 0.25) is 17.1 Å². The molecule has 0 saturated carbocycles. The molecular formula is C18H16N4O2. The van der Waals surface area contributed by atoms with E-state index in [1.807, 2.05) is 25.1 Å². The zero-order valence-electron chi connectivity index (χ0n) is 13.4. The lowest BCUT2D eigenvalue weighted by Gasteiger charge is -2.48. The first-order valence-electron chi connectivity index (χ1n) is 7.72. The Kier molecular flexibility index (Phi) is 3.37. The molecule has 2 bridgehead atoms. The molecule has 0 aliphatic carbocycles. The highest BCUT2D eigenvalue weighted by Gasteiger charge is 2.78. The average molecular weight is 320 g/mol. The zero-order chi connectivity index (χ0) is 17.6. The van der Waals surface area contributed by atoms with Crippen LogP contribution in [0.4, 0.5) is 0 Å². The Balaban J connectivity index is 2.34. The number of hydrogen-bond acceptors (Lipinski definition) is 6. The van der Waals surface area contributed by atoms with Crippen molar-refractivity contribution in [2.75, 3.05) is 0 Å². The van der Waals surface area contributed by atoms with Gasteiger partial charge in [-0.1, -0.05) is 44.2 Å². The van der Waals surface area contributed by atoms with Crippen molar-refractivity contribution in [3.05, 3.63) is 35.9 Å². The Hall–Kier alpha value is -2.88. The summed E-state index contributed by atoms with van der Waals surface area (Å²) in [6.07, 6.45) is -0.580. The molecule has 2 fully saturated rings. The van der Waals surface area contributed by atoms with Crippen LogP contribution in [0.5, 0.6) is 0 Å². The van der Waals surface area contributed by atoms with Gasteiger partial charge >= 0.3 is 0 Å². The fourth-order valence-electron chi connectivity index (χ4n) is 3.97. The summed E-state index contributed by atoms with van der Waals surface area (Å²) in [4.78, 5) is 0. The molecule has 0 amide bonds. The van der Waals surface area contributed by atoms with Crippen LogP contribution in [0, 0.1) is 56.2 Å². The summed E-state index contributed by atoms with van der Waals surface area (Å²) in [5, 5.41) is 38.1. The van der Waals surface area contributed by atoms with E-state index < -0.39 is 28.6 Å². The molecule has 4 atom stereocenters. The fourth-order valence-corrected chi connectivity index (χ4v) is 3.97. The smallest absolute Gasteiger partial charge is 0.217 e. The van der Waals surface area contributed by atoms with E-state index in [9.17, 15) is 15.8 Å².